The molecule has 1 aromatic heterocycles. The van der Waals surface area contributed by atoms with Crippen LogP contribution in [0.3, 0.4) is 0 Å². The molecule has 0 aliphatic carbocycles. The van der Waals surface area contributed by atoms with Gasteiger partial charge in [-0.2, -0.15) is 0 Å². The van der Waals surface area contributed by atoms with E-state index in [-0.39, 0.29) is 5.78 Å². The Hall–Kier alpha value is -2.07. The number of nitrogens with two attached hydrogens (primary N) is 1. The summed E-state index contributed by atoms with van der Waals surface area (Å²) in [5, 5.41) is 0.927. The Bertz CT molecular complexity index is 800. The highest BCUT2D eigenvalue weighted by Gasteiger charge is 2.16. The van der Waals surface area contributed by atoms with Crippen molar-refractivity contribution >= 4 is 38.4 Å². The van der Waals surface area contributed by atoms with Crippen LogP contribution in [0.25, 0.3) is 11.0 Å². The lowest BCUT2D eigenvalue weighted by molar-refractivity contribution is 0.101. The summed E-state index contributed by atoms with van der Waals surface area (Å²) in [7, 11) is 0. The van der Waals surface area contributed by atoms with Crippen molar-refractivity contribution in [1.29, 1.82) is 0 Å². The van der Waals surface area contributed by atoms with Crippen LogP contribution < -0.4 is 5.73 Å². The van der Waals surface area contributed by atoms with Gasteiger partial charge in [0.05, 0.1) is 0 Å². The third-order valence-electron chi connectivity index (χ3n) is 3.15. The summed E-state index contributed by atoms with van der Waals surface area (Å²) < 4.78 is 6.46. The Balaban J connectivity index is 2.10. The van der Waals surface area contributed by atoms with Crippen molar-refractivity contribution in [3.05, 3.63) is 63.8 Å². The second kappa shape index (κ2) is 4.80. The number of para-hydroxylation sites is 1. The van der Waals surface area contributed by atoms with Gasteiger partial charge in [-0.1, -0.05) is 34.1 Å². The van der Waals surface area contributed by atoms with E-state index in [0.717, 1.165) is 21.0 Å². The molecule has 0 saturated heterocycles. The van der Waals surface area contributed by atoms with E-state index in [1.165, 1.54) is 0 Å². The third kappa shape index (κ3) is 2.23. The lowest BCUT2D eigenvalue weighted by Crippen LogP contribution is -2.00. The molecule has 100 valence electrons. The lowest BCUT2D eigenvalue weighted by Gasteiger charge is -2.01. The van der Waals surface area contributed by atoms with Crippen LogP contribution in [0.5, 0.6) is 0 Å². The third-order valence-corrected chi connectivity index (χ3v) is 3.60. The lowest BCUT2D eigenvalue weighted by atomic mass is 10.1. The molecule has 0 atom stereocenters. The number of benzene rings is 2. The molecule has 0 aliphatic rings. The number of halogens is 1. The van der Waals surface area contributed by atoms with E-state index < -0.39 is 0 Å². The van der Waals surface area contributed by atoms with Gasteiger partial charge in [0.15, 0.2) is 5.76 Å². The minimum Gasteiger partial charge on any atom is -0.452 e. The first-order valence-corrected chi connectivity index (χ1v) is 6.94. The van der Waals surface area contributed by atoms with Crippen molar-refractivity contribution in [3.63, 3.8) is 0 Å². The van der Waals surface area contributed by atoms with E-state index in [9.17, 15) is 4.79 Å². The van der Waals surface area contributed by atoms with Crippen molar-refractivity contribution in [3.8, 4) is 0 Å². The second-order valence-corrected chi connectivity index (χ2v) is 5.62. The van der Waals surface area contributed by atoms with Crippen molar-refractivity contribution in [2.75, 3.05) is 5.73 Å². The number of fused-ring (bicyclic) bond motifs is 1. The molecule has 0 aliphatic heterocycles. The maximum absolute atomic E-state index is 12.5. The quantitative estimate of drug-likeness (QED) is 0.562. The fourth-order valence-corrected chi connectivity index (χ4v) is 2.72. The number of nitrogen functional groups attached to an aromatic ring is 1. The Labute approximate surface area is 124 Å². The fraction of sp³-hybridized carbons (Fsp3) is 0.0625. The van der Waals surface area contributed by atoms with E-state index in [0.29, 0.717) is 17.0 Å². The van der Waals surface area contributed by atoms with E-state index in [4.69, 9.17) is 10.2 Å². The zero-order valence-corrected chi connectivity index (χ0v) is 12.4. The molecule has 2 aromatic carbocycles. The van der Waals surface area contributed by atoms with Gasteiger partial charge in [0.1, 0.15) is 5.58 Å². The first-order valence-electron chi connectivity index (χ1n) is 6.14. The molecule has 3 nitrogen and oxygen atoms in total. The van der Waals surface area contributed by atoms with Crippen LogP contribution in [0, 0.1) is 6.92 Å². The van der Waals surface area contributed by atoms with E-state index >= 15 is 0 Å². The molecule has 2 N–H and O–H groups in total. The number of anilines is 1. The molecule has 0 amide bonds. The molecule has 0 radical (unpaired) electrons. The SMILES string of the molecule is Cc1cccc2cc(C(=O)c3cc(N)cc(Br)c3)oc12. The summed E-state index contributed by atoms with van der Waals surface area (Å²) in [6.07, 6.45) is 0. The summed E-state index contributed by atoms with van der Waals surface area (Å²) in [5.41, 5.74) is 8.57. The second-order valence-electron chi connectivity index (χ2n) is 4.71. The normalized spacial score (nSPS) is 10.9. The summed E-state index contributed by atoms with van der Waals surface area (Å²) >= 11 is 3.34. The average Bonchev–Trinajstić information content (AvgIpc) is 2.82. The molecule has 4 heteroatoms. The van der Waals surface area contributed by atoms with E-state index in [2.05, 4.69) is 15.9 Å². The van der Waals surface area contributed by atoms with E-state index in [1.54, 1.807) is 24.3 Å². The van der Waals surface area contributed by atoms with Gasteiger partial charge in [0.2, 0.25) is 5.78 Å². The van der Waals surface area contributed by atoms with Crippen LogP contribution in [0.4, 0.5) is 5.69 Å². The van der Waals surface area contributed by atoms with Crippen molar-refractivity contribution < 1.29 is 9.21 Å². The van der Waals surface area contributed by atoms with E-state index in [1.807, 2.05) is 25.1 Å². The highest BCUT2D eigenvalue weighted by molar-refractivity contribution is 9.10. The van der Waals surface area contributed by atoms with Crippen molar-refractivity contribution in [2.24, 2.45) is 0 Å². The number of furan rings is 1. The smallest absolute Gasteiger partial charge is 0.228 e. The van der Waals surface area contributed by atoms with Crippen LogP contribution in [-0.4, -0.2) is 5.78 Å². The predicted octanol–water partition coefficient (Wildman–Crippen LogP) is 4.32. The zero-order chi connectivity index (χ0) is 14.3. The average molecular weight is 330 g/mol. The summed E-state index contributed by atoms with van der Waals surface area (Å²) in [5.74, 6) is 0.153. The highest BCUT2D eigenvalue weighted by Crippen LogP contribution is 2.26. The molecule has 3 rings (SSSR count). The van der Waals surface area contributed by atoms with Crippen molar-refractivity contribution in [2.45, 2.75) is 6.92 Å². The number of rotatable bonds is 2. The topological polar surface area (TPSA) is 56.2 Å². The fourth-order valence-electron chi connectivity index (χ4n) is 2.21. The van der Waals surface area contributed by atoms with Gasteiger partial charge in [-0.15, -0.1) is 0 Å². The molecular formula is C16H12BrNO2. The summed E-state index contributed by atoms with van der Waals surface area (Å²) in [4.78, 5) is 12.5. The molecule has 0 saturated carbocycles. The van der Waals surface area contributed by atoms with Gasteiger partial charge in [-0.25, -0.2) is 0 Å². The van der Waals surface area contributed by atoms with Gasteiger partial charge >= 0.3 is 0 Å². The maximum Gasteiger partial charge on any atom is 0.228 e. The Kier molecular flexibility index (Phi) is 3.10. The maximum atomic E-state index is 12.5. The monoisotopic (exact) mass is 329 g/mol. The molecule has 1 heterocycles. The standard InChI is InChI=1S/C16H12BrNO2/c1-9-3-2-4-10-7-14(20-16(9)10)15(19)11-5-12(17)8-13(18)6-11/h2-8H,18H2,1H3. The van der Waals surface area contributed by atoms with Gasteiger partial charge in [-0.05, 0) is 36.8 Å². The van der Waals surface area contributed by atoms with Gasteiger partial charge in [0, 0.05) is 21.1 Å². The number of ketones is 1. The molecule has 3 aromatic rings. The number of carbonyl (C=O) groups is 1. The van der Waals surface area contributed by atoms with Crippen LogP contribution in [0.2, 0.25) is 0 Å². The molecule has 0 unspecified atom stereocenters. The Morgan fingerprint density at radius 2 is 2.00 bits per heavy atom. The highest BCUT2D eigenvalue weighted by atomic mass is 79.9. The van der Waals surface area contributed by atoms with Crippen LogP contribution in [0.1, 0.15) is 21.7 Å². The van der Waals surface area contributed by atoms with Crippen LogP contribution in [-0.2, 0) is 0 Å². The first kappa shape index (κ1) is 12.9. The molecular weight excluding hydrogens is 318 g/mol. The van der Waals surface area contributed by atoms with Crippen molar-refractivity contribution in [1.82, 2.24) is 0 Å². The number of hydrogen-bond donors (Lipinski definition) is 1. The summed E-state index contributed by atoms with van der Waals surface area (Å²) in [6, 6.07) is 12.7. The van der Waals surface area contributed by atoms with Gasteiger partial charge in [-0.3, -0.25) is 4.79 Å². The number of hydrogen-bond acceptors (Lipinski definition) is 3. The number of aryl methyl sites for hydroxylation is 1. The zero-order valence-electron chi connectivity index (χ0n) is 10.8. The summed E-state index contributed by atoms with van der Waals surface area (Å²) in [6.45, 7) is 1.96. The molecule has 0 fully saturated rings. The number of carbonyl (C=O) groups excluding carboxylic acids is 1. The molecule has 0 spiro atoms. The van der Waals surface area contributed by atoms with Gasteiger partial charge in [0.25, 0.3) is 0 Å². The molecule has 0 bridgehead atoms. The Morgan fingerprint density at radius 3 is 2.70 bits per heavy atom. The first-order chi connectivity index (χ1) is 9.54. The minimum absolute atomic E-state index is 0.173. The largest absolute Gasteiger partial charge is 0.452 e. The van der Waals surface area contributed by atoms with Crippen LogP contribution >= 0.6 is 15.9 Å². The minimum atomic E-state index is -0.173. The van der Waals surface area contributed by atoms with Crippen LogP contribution in [0.15, 0.2) is 51.4 Å². The van der Waals surface area contributed by atoms with Gasteiger partial charge < -0.3 is 10.2 Å². The predicted molar refractivity (Wildman–Crippen MR) is 82.9 cm³/mol. The molecule has 20 heavy (non-hydrogen) atoms. The Morgan fingerprint density at radius 1 is 1.20 bits per heavy atom.